The Labute approximate surface area is 161 Å². The van der Waals surface area contributed by atoms with Gasteiger partial charge in [0.25, 0.3) is 0 Å². The van der Waals surface area contributed by atoms with Gasteiger partial charge in [-0.3, -0.25) is 9.59 Å². The molecule has 2 rings (SSSR count). The van der Waals surface area contributed by atoms with E-state index in [0.29, 0.717) is 30.1 Å². The molecule has 27 heavy (non-hydrogen) atoms. The molecule has 1 aliphatic rings. The molecule has 7 nitrogen and oxygen atoms in total. The highest BCUT2D eigenvalue weighted by molar-refractivity contribution is 7.89. The summed E-state index contributed by atoms with van der Waals surface area (Å²) in [7, 11) is -3.58. The van der Waals surface area contributed by atoms with E-state index in [0.717, 1.165) is 5.56 Å². The summed E-state index contributed by atoms with van der Waals surface area (Å²) in [6, 6.07) is 5.37. The van der Waals surface area contributed by atoms with Crippen LogP contribution in [0.2, 0.25) is 0 Å². The van der Waals surface area contributed by atoms with Gasteiger partial charge in [-0.05, 0) is 31.0 Å². The first-order valence-electron chi connectivity index (χ1n) is 8.98. The largest absolute Gasteiger partial charge is 0.353 e. The van der Waals surface area contributed by atoms with Crippen molar-refractivity contribution in [3.8, 4) is 0 Å². The lowest BCUT2D eigenvalue weighted by Crippen LogP contribution is -2.50. The molecule has 1 heterocycles. The number of rotatable bonds is 7. The molecule has 0 bridgehead atoms. The van der Waals surface area contributed by atoms with Crippen molar-refractivity contribution in [3.63, 3.8) is 0 Å². The van der Waals surface area contributed by atoms with Crippen LogP contribution in [-0.4, -0.2) is 62.2 Å². The SMILES string of the molecule is C=CCNC(=O)CCC(=O)N1CCN(S(=O)(=O)c2cc(C)ccc2C)CC1. The van der Waals surface area contributed by atoms with Crippen LogP contribution in [0.5, 0.6) is 0 Å². The van der Waals surface area contributed by atoms with E-state index < -0.39 is 10.0 Å². The first kappa shape index (κ1) is 21.1. The second-order valence-corrected chi connectivity index (χ2v) is 8.55. The fraction of sp³-hybridized carbons (Fsp3) is 0.474. The summed E-state index contributed by atoms with van der Waals surface area (Å²) in [5.74, 6) is -0.327. The van der Waals surface area contributed by atoms with E-state index in [4.69, 9.17) is 0 Å². The number of nitrogens with one attached hydrogen (secondary N) is 1. The van der Waals surface area contributed by atoms with Crippen molar-refractivity contribution in [1.29, 1.82) is 0 Å². The molecule has 0 aromatic heterocycles. The van der Waals surface area contributed by atoms with E-state index in [-0.39, 0.29) is 37.7 Å². The number of benzene rings is 1. The van der Waals surface area contributed by atoms with Crippen LogP contribution in [0.3, 0.4) is 0 Å². The second kappa shape index (κ2) is 9.14. The highest BCUT2D eigenvalue weighted by Gasteiger charge is 2.31. The van der Waals surface area contributed by atoms with Crippen LogP contribution >= 0.6 is 0 Å². The Balaban J connectivity index is 1.92. The Bertz CT molecular complexity index is 812. The van der Waals surface area contributed by atoms with Gasteiger partial charge in [0.05, 0.1) is 4.90 Å². The average Bonchev–Trinajstić information content (AvgIpc) is 2.66. The first-order chi connectivity index (χ1) is 12.8. The predicted octanol–water partition coefficient (Wildman–Crippen LogP) is 1.22. The van der Waals surface area contributed by atoms with Crippen LogP contribution in [-0.2, 0) is 19.6 Å². The molecule has 1 aromatic carbocycles. The molecule has 1 N–H and O–H groups in total. The molecule has 0 spiro atoms. The fourth-order valence-electron chi connectivity index (χ4n) is 2.96. The van der Waals surface area contributed by atoms with Gasteiger partial charge < -0.3 is 10.2 Å². The molecular weight excluding hydrogens is 366 g/mol. The lowest BCUT2D eigenvalue weighted by molar-refractivity contribution is -0.134. The number of sulfonamides is 1. The Morgan fingerprint density at radius 1 is 1.15 bits per heavy atom. The second-order valence-electron chi connectivity index (χ2n) is 6.65. The van der Waals surface area contributed by atoms with E-state index in [2.05, 4.69) is 11.9 Å². The van der Waals surface area contributed by atoms with E-state index in [1.807, 2.05) is 13.0 Å². The number of hydrogen-bond acceptors (Lipinski definition) is 4. The van der Waals surface area contributed by atoms with Gasteiger partial charge in [0.2, 0.25) is 21.8 Å². The molecule has 2 amide bonds. The molecule has 148 valence electrons. The number of carbonyl (C=O) groups excluding carboxylic acids is 2. The Hall–Kier alpha value is -2.19. The predicted molar refractivity (Wildman–Crippen MR) is 104 cm³/mol. The molecule has 1 fully saturated rings. The molecule has 0 aliphatic carbocycles. The Kier molecular flexibility index (Phi) is 7.15. The highest BCUT2D eigenvalue weighted by atomic mass is 32.2. The summed E-state index contributed by atoms with van der Waals surface area (Å²) < 4.78 is 27.3. The molecule has 0 unspecified atom stereocenters. The summed E-state index contributed by atoms with van der Waals surface area (Å²) in [4.78, 5) is 25.8. The smallest absolute Gasteiger partial charge is 0.243 e. The first-order valence-corrected chi connectivity index (χ1v) is 10.4. The molecule has 1 saturated heterocycles. The van der Waals surface area contributed by atoms with E-state index in [1.165, 1.54) is 4.31 Å². The fourth-order valence-corrected chi connectivity index (χ4v) is 4.69. The minimum absolute atomic E-state index is 0.118. The maximum atomic E-state index is 12.9. The van der Waals surface area contributed by atoms with Crippen LogP contribution in [0, 0.1) is 13.8 Å². The van der Waals surface area contributed by atoms with Crippen molar-refractivity contribution in [2.24, 2.45) is 0 Å². The van der Waals surface area contributed by atoms with Gasteiger partial charge >= 0.3 is 0 Å². The number of hydrogen-bond donors (Lipinski definition) is 1. The zero-order valence-electron chi connectivity index (χ0n) is 15.9. The Morgan fingerprint density at radius 3 is 2.44 bits per heavy atom. The molecule has 0 saturated carbocycles. The van der Waals surface area contributed by atoms with Crippen molar-refractivity contribution in [1.82, 2.24) is 14.5 Å². The van der Waals surface area contributed by atoms with Crippen molar-refractivity contribution >= 4 is 21.8 Å². The number of piperazine rings is 1. The number of carbonyl (C=O) groups is 2. The van der Waals surface area contributed by atoms with Gasteiger partial charge in [-0.15, -0.1) is 6.58 Å². The van der Waals surface area contributed by atoms with Crippen LogP contribution < -0.4 is 5.32 Å². The molecule has 0 radical (unpaired) electrons. The molecular formula is C19H27N3O4S. The van der Waals surface area contributed by atoms with Crippen molar-refractivity contribution in [3.05, 3.63) is 42.0 Å². The van der Waals surface area contributed by atoms with Crippen molar-refractivity contribution in [2.75, 3.05) is 32.7 Å². The molecule has 1 aliphatic heterocycles. The normalized spacial score (nSPS) is 15.4. The standard InChI is InChI=1S/C19H27N3O4S/c1-4-9-20-18(23)7-8-19(24)21-10-12-22(13-11-21)27(25,26)17-14-15(2)5-6-16(17)3/h4-6,14H,1,7-13H2,2-3H3,(H,20,23). The minimum Gasteiger partial charge on any atom is -0.353 e. The number of amides is 2. The quantitative estimate of drug-likeness (QED) is 0.706. The lowest BCUT2D eigenvalue weighted by Gasteiger charge is -2.34. The van der Waals surface area contributed by atoms with E-state index in [1.54, 1.807) is 30.0 Å². The lowest BCUT2D eigenvalue weighted by atomic mass is 10.2. The molecule has 0 atom stereocenters. The van der Waals surface area contributed by atoms with E-state index >= 15 is 0 Å². The number of aryl methyl sites for hydroxylation is 2. The van der Waals surface area contributed by atoms with Crippen LogP contribution in [0.25, 0.3) is 0 Å². The topological polar surface area (TPSA) is 86.8 Å². The third-order valence-electron chi connectivity index (χ3n) is 4.56. The average molecular weight is 394 g/mol. The minimum atomic E-state index is -3.58. The van der Waals surface area contributed by atoms with Gasteiger partial charge in [0.1, 0.15) is 0 Å². The van der Waals surface area contributed by atoms with E-state index in [9.17, 15) is 18.0 Å². The van der Waals surface area contributed by atoms with Crippen LogP contribution in [0.15, 0.2) is 35.7 Å². The van der Waals surface area contributed by atoms with Gasteiger partial charge in [-0.25, -0.2) is 8.42 Å². The third kappa shape index (κ3) is 5.40. The Morgan fingerprint density at radius 2 is 1.81 bits per heavy atom. The van der Waals surface area contributed by atoms with Crippen LogP contribution in [0.4, 0.5) is 0 Å². The maximum Gasteiger partial charge on any atom is 0.243 e. The summed E-state index contributed by atoms with van der Waals surface area (Å²) in [5, 5.41) is 2.63. The van der Waals surface area contributed by atoms with Gasteiger partial charge in [-0.1, -0.05) is 18.2 Å². The number of nitrogens with zero attached hydrogens (tertiary/aromatic N) is 2. The van der Waals surface area contributed by atoms with Gasteiger partial charge in [0, 0.05) is 45.6 Å². The zero-order chi connectivity index (χ0) is 20.0. The summed E-state index contributed by atoms with van der Waals surface area (Å²) in [5.41, 5.74) is 1.60. The van der Waals surface area contributed by atoms with Crippen LogP contribution in [0.1, 0.15) is 24.0 Å². The van der Waals surface area contributed by atoms with Gasteiger partial charge in [-0.2, -0.15) is 4.31 Å². The maximum absolute atomic E-state index is 12.9. The van der Waals surface area contributed by atoms with Crippen molar-refractivity contribution in [2.45, 2.75) is 31.6 Å². The molecule has 8 heteroatoms. The highest BCUT2D eigenvalue weighted by Crippen LogP contribution is 2.22. The zero-order valence-corrected chi connectivity index (χ0v) is 16.7. The third-order valence-corrected chi connectivity index (χ3v) is 6.60. The summed E-state index contributed by atoms with van der Waals surface area (Å²) >= 11 is 0. The summed E-state index contributed by atoms with van der Waals surface area (Å²) in [6.45, 7) is 8.71. The molecule has 1 aromatic rings. The van der Waals surface area contributed by atoms with Crippen molar-refractivity contribution < 1.29 is 18.0 Å². The van der Waals surface area contributed by atoms with Gasteiger partial charge in [0.15, 0.2) is 0 Å². The monoisotopic (exact) mass is 393 g/mol. The summed E-state index contributed by atoms with van der Waals surface area (Å²) in [6.07, 6.45) is 1.82.